The van der Waals surface area contributed by atoms with Crippen LogP contribution in [0.3, 0.4) is 0 Å². The van der Waals surface area contributed by atoms with Gasteiger partial charge in [0, 0.05) is 6.42 Å². The summed E-state index contributed by atoms with van der Waals surface area (Å²) < 4.78 is 0. The average Bonchev–Trinajstić information content (AvgIpc) is 2.95. The van der Waals surface area contributed by atoms with E-state index in [4.69, 9.17) is 5.73 Å². The molecule has 1 aromatic rings. The number of nitrogens with zero attached hydrogens (tertiary/aromatic N) is 1. The summed E-state index contributed by atoms with van der Waals surface area (Å²) in [5.74, 6) is 1.24. The van der Waals surface area contributed by atoms with Gasteiger partial charge in [0.1, 0.15) is 5.82 Å². The molecule has 1 aliphatic carbocycles. The lowest BCUT2D eigenvalue weighted by atomic mass is 10.2. The number of aryl methyl sites for hydroxylation is 1. The molecule has 1 aliphatic rings. The molecule has 0 aliphatic heterocycles. The summed E-state index contributed by atoms with van der Waals surface area (Å²) in [4.78, 5) is 15.5. The highest BCUT2D eigenvalue weighted by Gasteiger charge is 2.24. The Labute approximate surface area is 88.9 Å². The standard InChI is InChI=1S/C11H15N3O/c1-7-4-10(13-6-9(7)12)14-11(15)5-8-2-3-8/h4,6,8H,2-3,5,12H2,1H3,(H,13,14,15). The molecule has 3 N–H and O–H groups in total. The zero-order chi connectivity index (χ0) is 10.8. The number of hydrogen-bond donors (Lipinski definition) is 2. The molecule has 1 heterocycles. The molecule has 0 radical (unpaired) electrons. The Morgan fingerprint density at radius 1 is 1.67 bits per heavy atom. The van der Waals surface area contributed by atoms with E-state index in [0.29, 0.717) is 23.8 Å². The number of nitrogens with one attached hydrogen (secondary N) is 1. The van der Waals surface area contributed by atoms with Crippen LogP contribution in [0.15, 0.2) is 12.3 Å². The number of rotatable bonds is 3. The Balaban J connectivity index is 1.97. The van der Waals surface area contributed by atoms with Crippen LogP contribution in [0.2, 0.25) is 0 Å². The number of pyridine rings is 1. The van der Waals surface area contributed by atoms with Crippen molar-refractivity contribution in [2.75, 3.05) is 11.1 Å². The van der Waals surface area contributed by atoms with E-state index >= 15 is 0 Å². The average molecular weight is 205 g/mol. The van der Waals surface area contributed by atoms with E-state index in [1.54, 1.807) is 12.3 Å². The van der Waals surface area contributed by atoms with Gasteiger partial charge >= 0.3 is 0 Å². The van der Waals surface area contributed by atoms with E-state index in [2.05, 4.69) is 10.3 Å². The van der Waals surface area contributed by atoms with Gasteiger partial charge in [-0.3, -0.25) is 4.79 Å². The first-order chi connectivity index (χ1) is 7.15. The fourth-order valence-corrected chi connectivity index (χ4v) is 1.41. The number of carbonyl (C=O) groups is 1. The first-order valence-electron chi connectivity index (χ1n) is 5.17. The molecule has 1 amide bonds. The Morgan fingerprint density at radius 3 is 3.00 bits per heavy atom. The quantitative estimate of drug-likeness (QED) is 0.789. The second-order valence-electron chi connectivity index (χ2n) is 4.12. The van der Waals surface area contributed by atoms with Crippen molar-refractivity contribution in [3.8, 4) is 0 Å². The molecule has 1 aromatic heterocycles. The topological polar surface area (TPSA) is 68.0 Å². The van der Waals surface area contributed by atoms with E-state index in [-0.39, 0.29) is 5.91 Å². The number of anilines is 2. The van der Waals surface area contributed by atoms with Crippen molar-refractivity contribution in [1.82, 2.24) is 4.98 Å². The van der Waals surface area contributed by atoms with Gasteiger partial charge in [-0.15, -0.1) is 0 Å². The predicted molar refractivity (Wildman–Crippen MR) is 59.4 cm³/mol. The van der Waals surface area contributed by atoms with Crippen molar-refractivity contribution in [3.63, 3.8) is 0 Å². The Morgan fingerprint density at radius 2 is 2.40 bits per heavy atom. The van der Waals surface area contributed by atoms with E-state index in [0.717, 1.165) is 5.56 Å². The molecule has 0 aromatic carbocycles. The van der Waals surface area contributed by atoms with E-state index in [1.165, 1.54) is 12.8 Å². The molecule has 0 unspecified atom stereocenters. The predicted octanol–water partition coefficient (Wildman–Crippen LogP) is 1.71. The van der Waals surface area contributed by atoms with E-state index < -0.39 is 0 Å². The highest BCUT2D eigenvalue weighted by molar-refractivity contribution is 5.90. The van der Waals surface area contributed by atoms with E-state index in [1.807, 2.05) is 6.92 Å². The van der Waals surface area contributed by atoms with Crippen LogP contribution < -0.4 is 11.1 Å². The minimum absolute atomic E-state index is 0.0502. The smallest absolute Gasteiger partial charge is 0.225 e. The normalized spacial score (nSPS) is 15.0. The maximum Gasteiger partial charge on any atom is 0.225 e. The third-order valence-corrected chi connectivity index (χ3v) is 2.59. The highest BCUT2D eigenvalue weighted by Crippen LogP contribution is 2.32. The number of aromatic nitrogens is 1. The Hall–Kier alpha value is -1.58. The molecular formula is C11H15N3O. The molecule has 1 fully saturated rings. The first-order valence-corrected chi connectivity index (χ1v) is 5.17. The van der Waals surface area contributed by atoms with Crippen molar-refractivity contribution < 1.29 is 4.79 Å². The van der Waals surface area contributed by atoms with Crippen LogP contribution in [-0.4, -0.2) is 10.9 Å². The Bertz CT molecular complexity index is 385. The van der Waals surface area contributed by atoms with Crippen LogP contribution in [0.25, 0.3) is 0 Å². The largest absolute Gasteiger partial charge is 0.397 e. The van der Waals surface area contributed by atoms with Gasteiger partial charge in [-0.25, -0.2) is 4.98 Å². The molecular weight excluding hydrogens is 190 g/mol. The second-order valence-corrected chi connectivity index (χ2v) is 4.12. The highest BCUT2D eigenvalue weighted by atomic mass is 16.1. The molecule has 0 bridgehead atoms. The third-order valence-electron chi connectivity index (χ3n) is 2.59. The summed E-state index contributed by atoms with van der Waals surface area (Å²) in [6, 6.07) is 1.79. The molecule has 15 heavy (non-hydrogen) atoms. The second kappa shape index (κ2) is 3.88. The van der Waals surface area contributed by atoms with Crippen molar-refractivity contribution in [2.45, 2.75) is 26.2 Å². The molecule has 0 spiro atoms. The summed E-state index contributed by atoms with van der Waals surface area (Å²) in [5.41, 5.74) is 7.22. The number of amides is 1. The van der Waals surface area contributed by atoms with Crippen LogP contribution in [0.5, 0.6) is 0 Å². The minimum Gasteiger partial charge on any atom is -0.397 e. The lowest BCUT2D eigenvalue weighted by Gasteiger charge is -2.05. The fraction of sp³-hybridized carbons (Fsp3) is 0.455. The van der Waals surface area contributed by atoms with Gasteiger partial charge in [-0.1, -0.05) is 0 Å². The van der Waals surface area contributed by atoms with Gasteiger partial charge < -0.3 is 11.1 Å². The van der Waals surface area contributed by atoms with E-state index in [9.17, 15) is 4.79 Å². The molecule has 4 nitrogen and oxygen atoms in total. The van der Waals surface area contributed by atoms with Gasteiger partial charge in [0.2, 0.25) is 5.91 Å². The lowest BCUT2D eigenvalue weighted by Crippen LogP contribution is -2.13. The molecule has 4 heteroatoms. The summed E-state index contributed by atoms with van der Waals surface area (Å²) >= 11 is 0. The maximum absolute atomic E-state index is 11.5. The molecule has 80 valence electrons. The van der Waals surface area contributed by atoms with Crippen molar-refractivity contribution in [1.29, 1.82) is 0 Å². The van der Waals surface area contributed by atoms with Crippen LogP contribution in [-0.2, 0) is 4.79 Å². The number of nitrogens with two attached hydrogens (primary N) is 1. The van der Waals surface area contributed by atoms with Crippen molar-refractivity contribution in [3.05, 3.63) is 17.8 Å². The van der Waals surface area contributed by atoms with Crippen LogP contribution in [0.4, 0.5) is 11.5 Å². The van der Waals surface area contributed by atoms with Crippen LogP contribution in [0, 0.1) is 12.8 Å². The third kappa shape index (κ3) is 2.68. The minimum atomic E-state index is 0.0502. The number of carbonyl (C=O) groups excluding carboxylic acids is 1. The van der Waals surface area contributed by atoms with Gasteiger partial charge in [0.15, 0.2) is 0 Å². The Kier molecular flexibility index (Phi) is 2.58. The molecule has 0 atom stereocenters. The number of nitrogen functional groups attached to an aromatic ring is 1. The van der Waals surface area contributed by atoms with Gasteiger partial charge in [0.05, 0.1) is 11.9 Å². The maximum atomic E-state index is 11.5. The summed E-state index contributed by atoms with van der Waals surface area (Å²) in [6.45, 7) is 1.90. The van der Waals surface area contributed by atoms with Crippen LogP contribution >= 0.6 is 0 Å². The van der Waals surface area contributed by atoms with Gasteiger partial charge in [-0.05, 0) is 37.3 Å². The lowest BCUT2D eigenvalue weighted by molar-refractivity contribution is -0.116. The summed E-state index contributed by atoms with van der Waals surface area (Å²) in [6.07, 6.45) is 4.55. The first kappa shape index (κ1) is 9.96. The van der Waals surface area contributed by atoms with Gasteiger partial charge in [0.25, 0.3) is 0 Å². The molecule has 0 saturated heterocycles. The van der Waals surface area contributed by atoms with Crippen molar-refractivity contribution in [2.24, 2.45) is 5.92 Å². The number of hydrogen-bond acceptors (Lipinski definition) is 3. The van der Waals surface area contributed by atoms with Gasteiger partial charge in [-0.2, -0.15) is 0 Å². The fourth-order valence-electron chi connectivity index (χ4n) is 1.41. The summed E-state index contributed by atoms with van der Waals surface area (Å²) in [5, 5.41) is 2.78. The zero-order valence-corrected chi connectivity index (χ0v) is 8.79. The van der Waals surface area contributed by atoms with Crippen LogP contribution in [0.1, 0.15) is 24.8 Å². The monoisotopic (exact) mass is 205 g/mol. The SMILES string of the molecule is Cc1cc(NC(=O)CC2CC2)ncc1N. The zero-order valence-electron chi connectivity index (χ0n) is 8.79. The summed E-state index contributed by atoms with van der Waals surface area (Å²) in [7, 11) is 0. The van der Waals surface area contributed by atoms with Crippen molar-refractivity contribution >= 4 is 17.4 Å². The molecule has 2 rings (SSSR count). The molecule has 1 saturated carbocycles.